The maximum absolute atomic E-state index is 13.1. The second-order valence-corrected chi connectivity index (χ2v) is 7.05. The van der Waals surface area contributed by atoms with Crippen LogP contribution in [0.5, 0.6) is 0 Å². The first-order valence-electron chi connectivity index (χ1n) is 8.29. The lowest BCUT2D eigenvalue weighted by Gasteiger charge is -2.42. The number of amides is 2. The zero-order valence-electron chi connectivity index (χ0n) is 15.0. The molecule has 1 aromatic carbocycles. The van der Waals surface area contributed by atoms with E-state index in [9.17, 15) is 14.4 Å². The van der Waals surface area contributed by atoms with Crippen LogP contribution >= 0.6 is 11.6 Å². The number of hydrogen-bond acceptors (Lipinski definition) is 5. The minimum absolute atomic E-state index is 0.00167. The molecule has 0 fully saturated rings. The first kappa shape index (κ1) is 18.8. The molecule has 140 valence electrons. The minimum atomic E-state index is -1.15. The highest BCUT2D eigenvalue weighted by molar-refractivity contribution is 6.30. The molecule has 1 aromatic heterocycles. The highest BCUT2D eigenvalue weighted by atomic mass is 35.5. The molecule has 0 unspecified atom stereocenters. The molecule has 27 heavy (non-hydrogen) atoms. The van der Waals surface area contributed by atoms with Gasteiger partial charge in [-0.15, -0.1) is 0 Å². The molecule has 0 spiro atoms. The first-order chi connectivity index (χ1) is 12.7. The standard InChI is InChI=1S/C19H18ClN3O4/c1-11(27-17(25)14-10-12(20)8-9-21-14)16(24)23-15-7-5-4-6-13(15)22-18(26)19(23,2)3/h4-11H,1-3H3,(H,22,26)/t11-/m0/s1. The number of halogens is 1. The van der Waals surface area contributed by atoms with E-state index in [2.05, 4.69) is 10.3 Å². The maximum atomic E-state index is 13.1. The van der Waals surface area contributed by atoms with Crippen molar-refractivity contribution < 1.29 is 19.1 Å². The van der Waals surface area contributed by atoms with Crippen LogP contribution in [0.25, 0.3) is 0 Å². The van der Waals surface area contributed by atoms with Gasteiger partial charge in [-0.1, -0.05) is 23.7 Å². The second-order valence-electron chi connectivity index (χ2n) is 6.61. The van der Waals surface area contributed by atoms with Gasteiger partial charge in [0.05, 0.1) is 11.4 Å². The van der Waals surface area contributed by atoms with E-state index in [0.717, 1.165) is 0 Å². The maximum Gasteiger partial charge on any atom is 0.357 e. The lowest BCUT2D eigenvalue weighted by molar-refractivity contribution is -0.131. The zero-order chi connectivity index (χ0) is 19.8. The van der Waals surface area contributed by atoms with Gasteiger partial charge < -0.3 is 10.1 Å². The van der Waals surface area contributed by atoms with E-state index in [4.69, 9.17) is 16.3 Å². The molecule has 0 saturated carbocycles. The molecule has 0 radical (unpaired) electrons. The molecule has 2 aromatic rings. The Balaban J connectivity index is 1.87. The van der Waals surface area contributed by atoms with E-state index < -0.39 is 23.5 Å². The molecule has 1 N–H and O–H groups in total. The third-order valence-corrected chi connectivity index (χ3v) is 4.53. The molecule has 0 aliphatic carbocycles. The van der Waals surface area contributed by atoms with Crippen LogP contribution in [0.15, 0.2) is 42.6 Å². The van der Waals surface area contributed by atoms with Crippen LogP contribution in [-0.2, 0) is 14.3 Å². The van der Waals surface area contributed by atoms with Gasteiger partial charge >= 0.3 is 5.97 Å². The predicted octanol–water partition coefficient (Wildman–Crippen LogP) is 3.04. The number of esters is 1. The Bertz CT molecular complexity index is 929. The Kier molecular flexibility index (Phi) is 4.89. The summed E-state index contributed by atoms with van der Waals surface area (Å²) in [5.41, 5.74) is -0.0975. The number of carbonyl (C=O) groups excluding carboxylic acids is 3. The molecule has 3 rings (SSSR count). The van der Waals surface area contributed by atoms with Crippen molar-refractivity contribution in [3.8, 4) is 0 Å². The van der Waals surface area contributed by atoms with Crippen molar-refractivity contribution in [2.24, 2.45) is 0 Å². The number of hydrogen-bond donors (Lipinski definition) is 1. The van der Waals surface area contributed by atoms with Crippen LogP contribution in [0.3, 0.4) is 0 Å². The van der Waals surface area contributed by atoms with E-state index in [1.165, 1.54) is 30.2 Å². The number of nitrogens with one attached hydrogen (secondary N) is 1. The van der Waals surface area contributed by atoms with Gasteiger partial charge in [-0.05, 0) is 45.0 Å². The molecule has 1 aliphatic heterocycles. The molecule has 8 heteroatoms. The van der Waals surface area contributed by atoms with E-state index in [-0.39, 0.29) is 11.6 Å². The highest BCUT2D eigenvalue weighted by Gasteiger charge is 2.45. The third-order valence-electron chi connectivity index (χ3n) is 4.29. The Hall–Kier alpha value is -2.93. The number of aromatic nitrogens is 1. The fourth-order valence-corrected chi connectivity index (χ4v) is 2.98. The lowest BCUT2D eigenvalue weighted by atomic mass is 9.95. The topological polar surface area (TPSA) is 88.6 Å². The zero-order valence-corrected chi connectivity index (χ0v) is 15.8. The van der Waals surface area contributed by atoms with Crippen molar-refractivity contribution >= 4 is 40.8 Å². The average molecular weight is 388 g/mol. The van der Waals surface area contributed by atoms with Gasteiger partial charge in [-0.3, -0.25) is 14.5 Å². The summed E-state index contributed by atoms with van der Waals surface area (Å²) in [6.07, 6.45) is 0.247. The number of para-hydroxylation sites is 2. The minimum Gasteiger partial charge on any atom is -0.448 e. The third kappa shape index (κ3) is 3.50. The van der Waals surface area contributed by atoms with Crippen LogP contribution in [-0.4, -0.2) is 34.4 Å². The summed E-state index contributed by atoms with van der Waals surface area (Å²) in [5.74, 6) is -1.62. The summed E-state index contributed by atoms with van der Waals surface area (Å²) in [5, 5.41) is 3.11. The van der Waals surface area contributed by atoms with Crippen LogP contribution in [0.1, 0.15) is 31.3 Å². The van der Waals surface area contributed by atoms with E-state index in [1.54, 1.807) is 38.1 Å². The average Bonchev–Trinajstić information content (AvgIpc) is 2.62. The summed E-state index contributed by atoms with van der Waals surface area (Å²) in [6.45, 7) is 4.71. The van der Waals surface area contributed by atoms with Gasteiger partial charge in [-0.2, -0.15) is 0 Å². The largest absolute Gasteiger partial charge is 0.448 e. The molecule has 1 atom stereocenters. The van der Waals surface area contributed by atoms with Gasteiger partial charge in [0.15, 0.2) is 6.10 Å². The number of fused-ring (bicyclic) bond motifs is 1. The molecule has 0 saturated heterocycles. The Morgan fingerprint density at radius 3 is 2.67 bits per heavy atom. The van der Waals surface area contributed by atoms with Crippen molar-refractivity contribution in [2.75, 3.05) is 10.2 Å². The Labute approximate surface area is 161 Å². The summed E-state index contributed by atoms with van der Waals surface area (Å²) < 4.78 is 5.27. The van der Waals surface area contributed by atoms with Gasteiger partial charge in [0.25, 0.3) is 5.91 Å². The van der Waals surface area contributed by atoms with E-state index in [0.29, 0.717) is 16.4 Å². The van der Waals surface area contributed by atoms with Gasteiger partial charge in [0, 0.05) is 11.2 Å². The van der Waals surface area contributed by atoms with Crippen molar-refractivity contribution in [3.05, 3.63) is 53.3 Å². The molecule has 2 amide bonds. The van der Waals surface area contributed by atoms with Gasteiger partial charge in [-0.25, -0.2) is 9.78 Å². The van der Waals surface area contributed by atoms with Crippen molar-refractivity contribution in [1.82, 2.24) is 4.98 Å². The number of ether oxygens (including phenoxy) is 1. The summed E-state index contributed by atoms with van der Waals surface area (Å²) >= 11 is 5.85. The fraction of sp³-hybridized carbons (Fsp3) is 0.263. The molecule has 1 aliphatic rings. The van der Waals surface area contributed by atoms with E-state index >= 15 is 0 Å². The summed E-state index contributed by atoms with van der Waals surface area (Å²) in [7, 11) is 0. The number of anilines is 2. The highest BCUT2D eigenvalue weighted by Crippen LogP contribution is 2.37. The Morgan fingerprint density at radius 1 is 1.26 bits per heavy atom. The quantitative estimate of drug-likeness (QED) is 0.818. The van der Waals surface area contributed by atoms with Crippen molar-refractivity contribution in [2.45, 2.75) is 32.4 Å². The summed E-state index contributed by atoms with van der Waals surface area (Å²) in [6, 6.07) is 9.83. The van der Waals surface area contributed by atoms with Gasteiger partial charge in [0.1, 0.15) is 11.2 Å². The SMILES string of the molecule is C[C@H](OC(=O)c1cc(Cl)ccn1)C(=O)N1c2ccccc2NC(=O)C1(C)C. The van der Waals surface area contributed by atoms with Crippen LogP contribution in [0.4, 0.5) is 11.4 Å². The molecule has 7 nitrogen and oxygen atoms in total. The monoisotopic (exact) mass is 387 g/mol. The molecule has 2 heterocycles. The Morgan fingerprint density at radius 2 is 1.96 bits per heavy atom. The lowest BCUT2D eigenvalue weighted by Crippen LogP contribution is -2.60. The number of pyridine rings is 1. The van der Waals surface area contributed by atoms with Crippen LogP contribution in [0, 0.1) is 0 Å². The molecular weight excluding hydrogens is 370 g/mol. The normalized spacial score (nSPS) is 16.1. The van der Waals surface area contributed by atoms with Crippen LogP contribution < -0.4 is 10.2 Å². The number of carbonyl (C=O) groups is 3. The smallest absolute Gasteiger partial charge is 0.357 e. The van der Waals surface area contributed by atoms with Crippen molar-refractivity contribution in [1.29, 1.82) is 0 Å². The van der Waals surface area contributed by atoms with Gasteiger partial charge in [0.2, 0.25) is 5.91 Å². The first-order valence-corrected chi connectivity index (χ1v) is 8.66. The molecule has 0 bridgehead atoms. The number of nitrogens with zero attached hydrogens (tertiary/aromatic N) is 2. The second kappa shape index (κ2) is 7.00. The molecular formula is C19H18ClN3O4. The van der Waals surface area contributed by atoms with Crippen LogP contribution in [0.2, 0.25) is 5.02 Å². The van der Waals surface area contributed by atoms with E-state index in [1.807, 2.05) is 0 Å². The predicted molar refractivity (Wildman–Crippen MR) is 101 cm³/mol. The number of benzene rings is 1. The fourth-order valence-electron chi connectivity index (χ4n) is 2.82. The number of rotatable bonds is 3. The van der Waals surface area contributed by atoms with Crippen molar-refractivity contribution in [3.63, 3.8) is 0 Å². The summed E-state index contributed by atoms with van der Waals surface area (Å²) in [4.78, 5) is 43.1.